The summed E-state index contributed by atoms with van der Waals surface area (Å²) in [5, 5.41) is 23.1. The Morgan fingerprint density at radius 2 is 0.714 bits per heavy atom. The highest BCUT2D eigenvalue weighted by Crippen LogP contribution is 2.16. The number of hydrogen-bond acceptors (Lipinski definition) is 5. The van der Waals surface area contributed by atoms with Gasteiger partial charge in [0.25, 0.3) is 0 Å². The average molecular weight is 983 g/mol. The van der Waals surface area contributed by atoms with Crippen LogP contribution in [0.2, 0.25) is 0 Å². The molecule has 6 heteroatoms. The third kappa shape index (κ3) is 55.1. The third-order valence-corrected chi connectivity index (χ3v) is 14.1. The summed E-state index contributed by atoms with van der Waals surface area (Å²) in [5.74, 6) is -0.0815. The summed E-state index contributed by atoms with van der Waals surface area (Å²) < 4.78 is 5.48. The first kappa shape index (κ1) is 67.8. The molecule has 0 rings (SSSR count). The zero-order valence-electron chi connectivity index (χ0n) is 46.7. The number of nitrogens with one attached hydrogen (secondary N) is 1. The molecule has 410 valence electrons. The quantitative estimate of drug-likeness (QED) is 0.0321. The van der Waals surface area contributed by atoms with Gasteiger partial charge in [0.05, 0.1) is 25.4 Å². The molecule has 0 aliphatic carbocycles. The van der Waals surface area contributed by atoms with E-state index in [9.17, 15) is 19.8 Å². The predicted octanol–water partition coefficient (Wildman–Crippen LogP) is 19.4. The van der Waals surface area contributed by atoms with E-state index in [1.54, 1.807) is 6.08 Å². The lowest BCUT2D eigenvalue weighted by atomic mass is 10.0. The van der Waals surface area contributed by atoms with Gasteiger partial charge in [-0.15, -0.1) is 0 Å². The molecule has 2 unspecified atom stereocenters. The number of carbonyl (C=O) groups excluding carboxylic acids is 2. The number of hydrogen-bond donors (Lipinski definition) is 3. The van der Waals surface area contributed by atoms with Crippen molar-refractivity contribution in [1.29, 1.82) is 0 Å². The van der Waals surface area contributed by atoms with Gasteiger partial charge in [-0.3, -0.25) is 9.59 Å². The lowest BCUT2D eigenvalue weighted by Crippen LogP contribution is -2.45. The Bertz CT molecular complexity index is 1180. The van der Waals surface area contributed by atoms with E-state index in [4.69, 9.17) is 4.74 Å². The second-order valence-corrected chi connectivity index (χ2v) is 21.0. The standard InChI is InChI=1S/C64H119NO5/c1-3-5-7-9-11-13-15-17-19-21-26-30-34-38-42-46-50-54-58-64(69)70-59-55-51-47-43-39-35-31-27-24-22-23-25-29-33-37-41-45-49-53-57-63(68)65-61(60-66)62(67)56-52-48-44-40-36-32-28-20-18-16-14-12-10-8-6-4-2/h13,15,19,21-23,52,56,61-62,66-67H,3-12,14,16-18,20,24-51,53-55,57-60H2,1-2H3,(H,65,68)/b15-13-,21-19-,23-22-,56-52+. The molecule has 0 aromatic heterocycles. The highest BCUT2D eigenvalue weighted by Gasteiger charge is 2.18. The average Bonchev–Trinajstić information content (AvgIpc) is 3.36. The van der Waals surface area contributed by atoms with E-state index in [0.29, 0.717) is 19.4 Å². The van der Waals surface area contributed by atoms with Crippen LogP contribution in [-0.4, -0.2) is 47.4 Å². The predicted molar refractivity (Wildman–Crippen MR) is 306 cm³/mol. The molecule has 0 radical (unpaired) electrons. The summed E-state index contributed by atoms with van der Waals surface area (Å²) in [6.45, 7) is 4.88. The smallest absolute Gasteiger partial charge is 0.305 e. The molecular weight excluding hydrogens is 863 g/mol. The van der Waals surface area contributed by atoms with Gasteiger partial charge in [0.2, 0.25) is 5.91 Å². The van der Waals surface area contributed by atoms with E-state index in [1.165, 1.54) is 231 Å². The van der Waals surface area contributed by atoms with Gasteiger partial charge in [0.15, 0.2) is 0 Å². The first-order valence-electron chi connectivity index (χ1n) is 30.9. The van der Waals surface area contributed by atoms with Crippen molar-refractivity contribution in [3.63, 3.8) is 0 Å². The molecule has 0 saturated carbocycles. The largest absolute Gasteiger partial charge is 0.466 e. The molecule has 0 aliphatic heterocycles. The zero-order chi connectivity index (χ0) is 50.7. The molecule has 0 saturated heterocycles. The van der Waals surface area contributed by atoms with E-state index in [0.717, 1.165) is 64.2 Å². The minimum absolute atomic E-state index is 0.00438. The Balaban J connectivity index is 3.46. The van der Waals surface area contributed by atoms with Crippen LogP contribution in [0.1, 0.15) is 322 Å². The van der Waals surface area contributed by atoms with Gasteiger partial charge in [-0.1, -0.05) is 268 Å². The Labute approximate surface area is 436 Å². The third-order valence-electron chi connectivity index (χ3n) is 14.1. The van der Waals surface area contributed by atoms with Crippen LogP contribution in [0.25, 0.3) is 0 Å². The van der Waals surface area contributed by atoms with Crippen molar-refractivity contribution in [2.45, 2.75) is 334 Å². The molecule has 0 spiro atoms. The highest BCUT2D eigenvalue weighted by atomic mass is 16.5. The van der Waals surface area contributed by atoms with Crippen molar-refractivity contribution >= 4 is 11.9 Å². The van der Waals surface area contributed by atoms with Crippen molar-refractivity contribution in [3.05, 3.63) is 48.6 Å². The first-order chi connectivity index (χ1) is 34.5. The fourth-order valence-corrected chi connectivity index (χ4v) is 9.31. The molecule has 0 fully saturated rings. The van der Waals surface area contributed by atoms with Crippen LogP contribution >= 0.6 is 0 Å². The van der Waals surface area contributed by atoms with Gasteiger partial charge >= 0.3 is 5.97 Å². The SMILES string of the molecule is CCCCCC/C=C\C/C=C\CCCCCCCCCC(=O)OCCCCCCCCCC/C=C\CCCCCCCCCC(=O)NC(CO)C(O)/C=C/CCCCCCCCCCCCCCCC. The first-order valence-corrected chi connectivity index (χ1v) is 30.9. The molecule has 0 heterocycles. The van der Waals surface area contributed by atoms with Crippen LogP contribution in [0.5, 0.6) is 0 Å². The molecule has 1 amide bonds. The van der Waals surface area contributed by atoms with Gasteiger partial charge in [0.1, 0.15) is 0 Å². The number of carbonyl (C=O) groups is 2. The normalized spacial score (nSPS) is 12.9. The minimum Gasteiger partial charge on any atom is -0.466 e. The number of aliphatic hydroxyl groups is 2. The van der Waals surface area contributed by atoms with E-state index in [-0.39, 0.29) is 18.5 Å². The number of unbranched alkanes of at least 4 members (excludes halogenated alkanes) is 40. The molecule has 0 bridgehead atoms. The second-order valence-electron chi connectivity index (χ2n) is 21.0. The molecular formula is C64H119NO5. The lowest BCUT2D eigenvalue weighted by Gasteiger charge is -2.20. The molecule has 6 nitrogen and oxygen atoms in total. The Hall–Kier alpha value is -2.18. The van der Waals surface area contributed by atoms with Crippen molar-refractivity contribution < 1.29 is 24.5 Å². The second kappa shape index (κ2) is 59.4. The molecule has 70 heavy (non-hydrogen) atoms. The van der Waals surface area contributed by atoms with Crippen LogP contribution in [0.15, 0.2) is 48.6 Å². The van der Waals surface area contributed by atoms with Gasteiger partial charge in [-0.25, -0.2) is 0 Å². The molecule has 3 N–H and O–H groups in total. The van der Waals surface area contributed by atoms with Crippen LogP contribution < -0.4 is 5.32 Å². The van der Waals surface area contributed by atoms with Crippen molar-refractivity contribution in [2.24, 2.45) is 0 Å². The van der Waals surface area contributed by atoms with E-state index >= 15 is 0 Å². The molecule has 0 aromatic carbocycles. The lowest BCUT2D eigenvalue weighted by molar-refractivity contribution is -0.143. The maximum Gasteiger partial charge on any atom is 0.305 e. The van der Waals surface area contributed by atoms with Gasteiger partial charge in [0, 0.05) is 12.8 Å². The van der Waals surface area contributed by atoms with Crippen LogP contribution in [-0.2, 0) is 14.3 Å². The Morgan fingerprint density at radius 1 is 0.400 bits per heavy atom. The van der Waals surface area contributed by atoms with Crippen LogP contribution in [0.3, 0.4) is 0 Å². The summed E-state index contributed by atoms with van der Waals surface area (Å²) in [4.78, 5) is 24.6. The summed E-state index contributed by atoms with van der Waals surface area (Å²) in [7, 11) is 0. The Morgan fingerprint density at radius 3 is 1.11 bits per heavy atom. The Kier molecular flexibility index (Phi) is 57.5. The van der Waals surface area contributed by atoms with Crippen molar-refractivity contribution in [3.8, 4) is 0 Å². The van der Waals surface area contributed by atoms with Crippen molar-refractivity contribution in [2.75, 3.05) is 13.2 Å². The zero-order valence-corrected chi connectivity index (χ0v) is 46.7. The van der Waals surface area contributed by atoms with Crippen LogP contribution in [0.4, 0.5) is 0 Å². The number of rotatable bonds is 57. The highest BCUT2D eigenvalue weighted by molar-refractivity contribution is 5.76. The van der Waals surface area contributed by atoms with Crippen molar-refractivity contribution in [1.82, 2.24) is 5.32 Å². The number of aliphatic hydroxyl groups excluding tert-OH is 2. The number of amides is 1. The molecule has 0 aliphatic rings. The van der Waals surface area contributed by atoms with Gasteiger partial charge in [-0.05, 0) is 89.9 Å². The maximum atomic E-state index is 12.5. The van der Waals surface area contributed by atoms with E-state index in [2.05, 4.69) is 55.6 Å². The van der Waals surface area contributed by atoms with E-state index in [1.807, 2.05) is 6.08 Å². The summed E-state index contributed by atoms with van der Waals surface area (Å²) in [6, 6.07) is -0.636. The molecule has 0 aromatic rings. The van der Waals surface area contributed by atoms with E-state index < -0.39 is 12.1 Å². The van der Waals surface area contributed by atoms with Gasteiger partial charge < -0.3 is 20.3 Å². The summed E-state index contributed by atoms with van der Waals surface area (Å²) >= 11 is 0. The number of allylic oxidation sites excluding steroid dienone is 7. The summed E-state index contributed by atoms with van der Waals surface area (Å²) in [6.07, 6.45) is 75.7. The van der Waals surface area contributed by atoms with Gasteiger partial charge in [-0.2, -0.15) is 0 Å². The maximum absolute atomic E-state index is 12.5. The number of esters is 1. The molecule has 2 atom stereocenters. The fourth-order valence-electron chi connectivity index (χ4n) is 9.31. The minimum atomic E-state index is -0.852. The summed E-state index contributed by atoms with van der Waals surface area (Å²) in [5.41, 5.74) is 0. The fraction of sp³-hybridized carbons (Fsp3) is 0.844. The monoisotopic (exact) mass is 982 g/mol. The number of ether oxygens (including phenoxy) is 1. The van der Waals surface area contributed by atoms with Crippen LogP contribution in [0, 0.1) is 0 Å². The topological polar surface area (TPSA) is 95.9 Å².